The summed E-state index contributed by atoms with van der Waals surface area (Å²) in [6, 6.07) is 4.81. The number of ether oxygens (including phenoxy) is 1. The van der Waals surface area contributed by atoms with E-state index in [4.69, 9.17) is 21.4 Å². The number of hydrogen-bond donors (Lipinski definition) is 1. The summed E-state index contributed by atoms with van der Waals surface area (Å²) in [6.45, 7) is 6.42. The van der Waals surface area contributed by atoms with Crippen molar-refractivity contribution in [1.82, 2.24) is 0 Å². The van der Waals surface area contributed by atoms with Crippen LogP contribution in [0.4, 0.5) is 5.69 Å². The summed E-state index contributed by atoms with van der Waals surface area (Å²) in [5.41, 5.74) is 1.04. The number of aromatic carboxylic acids is 1. The van der Waals surface area contributed by atoms with Crippen LogP contribution in [-0.4, -0.2) is 37.9 Å². The molecule has 0 heterocycles. The Morgan fingerprint density at radius 3 is 2.63 bits per heavy atom. The van der Waals surface area contributed by atoms with Crippen LogP contribution in [0.5, 0.6) is 0 Å². The first kappa shape index (κ1) is 15.8. The second-order valence-electron chi connectivity index (χ2n) is 4.80. The van der Waals surface area contributed by atoms with E-state index in [1.807, 2.05) is 0 Å². The molecule has 106 valence electrons. The molecule has 0 atom stereocenters. The number of benzene rings is 1. The third kappa shape index (κ3) is 4.73. The third-order valence-electron chi connectivity index (χ3n) is 2.69. The molecule has 0 saturated carbocycles. The van der Waals surface area contributed by atoms with Gasteiger partial charge in [0, 0.05) is 20.2 Å². The van der Waals surface area contributed by atoms with Gasteiger partial charge < -0.3 is 14.7 Å². The lowest BCUT2D eigenvalue weighted by atomic mass is 10.1. The second-order valence-corrected chi connectivity index (χ2v) is 5.21. The molecule has 0 unspecified atom stereocenters. The molecule has 0 aliphatic rings. The van der Waals surface area contributed by atoms with E-state index >= 15 is 0 Å². The van der Waals surface area contributed by atoms with Crippen molar-refractivity contribution in [2.24, 2.45) is 5.92 Å². The van der Waals surface area contributed by atoms with E-state index in [1.54, 1.807) is 19.2 Å². The first-order valence-corrected chi connectivity index (χ1v) is 6.60. The van der Waals surface area contributed by atoms with E-state index in [0.29, 0.717) is 17.5 Å². The Bertz CT molecular complexity index is 435. The van der Waals surface area contributed by atoms with Gasteiger partial charge in [-0.05, 0) is 24.1 Å². The molecule has 1 aromatic carbocycles. The molecule has 5 heteroatoms. The van der Waals surface area contributed by atoms with Gasteiger partial charge in [0.15, 0.2) is 0 Å². The highest BCUT2D eigenvalue weighted by Crippen LogP contribution is 2.27. The van der Waals surface area contributed by atoms with E-state index < -0.39 is 5.97 Å². The number of halogens is 1. The molecule has 0 radical (unpaired) electrons. The second kappa shape index (κ2) is 7.36. The monoisotopic (exact) mass is 285 g/mol. The van der Waals surface area contributed by atoms with Gasteiger partial charge in [-0.2, -0.15) is 0 Å². The first-order chi connectivity index (χ1) is 8.95. The van der Waals surface area contributed by atoms with E-state index in [1.165, 1.54) is 6.07 Å². The lowest BCUT2D eigenvalue weighted by Gasteiger charge is -2.27. The van der Waals surface area contributed by atoms with Gasteiger partial charge in [-0.3, -0.25) is 0 Å². The highest BCUT2D eigenvalue weighted by atomic mass is 35.5. The van der Waals surface area contributed by atoms with Gasteiger partial charge >= 0.3 is 5.97 Å². The highest BCUT2D eigenvalue weighted by molar-refractivity contribution is 6.33. The minimum Gasteiger partial charge on any atom is -0.478 e. The summed E-state index contributed by atoms with van der Waals surface area (Å²) in [6.07, 6.45) is 0. The Morgan fingerprint density at radius 2 is 2.16 bits per heavy atom. The zero-order chi connectivity index (χ0) is 14.4. The molecule has 0 saturated heterocycles. The lowest BCUT2D eigenvalue weighted by Crippen LogP contribution is -2.31. The molecular formula is C14H20ClNO3. The van der Waals surface area contributed by atoms with Crippen LogP contribution in [0.25, 0.3) is 0 Å². The van der Waals surface area contributed by atoms with Crippen LogP contribution in [0.1, 0.15) is 24.2 Å². The van der Waals surface area contributed by atoms with E-state index in [0.717, 1.165) is 18.8 Å². The van der Waals surface area contributed by atoms with Crippen LogP contribution in [0.3, 0.4) is 0 Å². The SMILES string of the molecule is COCCN(CC(C)C)c1ccc(C(=O)O)cc1Cl. The Labute approximate surface area is 118 Å². The zero-order valence-electron chi connectivity index (χ0n) is 11.5. The summed E-state index contributed by atoms with van der Waals surface area (Å²) < 4.78 is 5.10. The van der Waals surface area contributed by atoms with E-state index in [2.05, 4.69) is 18.7 Å². The quantitative estimate of drug-likeness (QED) is 0.836. The zero-order valence-corrected chi connectivity index (χ0v) is 12.3. The number of carboxylic acid groups (broad SMARTS) is 1. The number of rotatable bonds is 7. The third-order valence-corrected chi connectivity index (χ3v) is 2.99. The number of methoxy groups -OCH3 is 1. The standard InChI is InChI=1S/C14H20ClNO3/c1-10(2)9-16(6-7-19-3)13-5-4-11(14(17)18)8-12(13)15/h4-5,8,10H,6-7,9H2,1-3H3,(H,17,18). The number of anilines is 1. The molecule has 0 spiro atoms. The minimum atomic E-state index is -0.972. The molecule has 0 amide bonds. The van der Waals surface area contributed by atoms with Gasteiger partial charge in [0.2, 0.25) is 0 Å². The molecule has 1 aromatic rings. The molecule has 0 aromatic heterocycles. The average Bonchev–Trinajstić information content (AvgIpc) is 2.34. The predicted molar refractivity (Wildman–Crippen MR) is 77.3 cm³/mol. The van der Waals surface area contributed by atoms with Crippen molar-refractivity contribution in [2.75, 3.05) is 31.7 Å². The fourth-order valence-electron chi connectivity index (χ4n) is 1.85. The van der Waals surface area contributed by atoms with Crippen LogP contribution in [0.15, 0.2) is 18.2 Å². The first-order valence-electron chi connectivity index (χ1n) is 6.22. The molecule has 0 aliphatic carbocycles. The summed E-state index contributed by atoms with van der Waals surface area (Å²) in [7, 11) is 1.66. The van der Waals surface area contributed by atoms with E-state index in [-0.39, 0.29) is 5.56 Å². The summed E-state index contributed by atoms with van der Waals surface area (Å²) >= 11 is 6.18. The predicted octanol–water partition coefficient (Wildman–Crippen LogP) is 3.15. The average molecular weight is 286 g/mol. The number of carboxylic acids is 1. The summed E-state index contributed by atoms with van der Waals surface area (Å²) in [5, 5.41) is 9.39. The van der Waals surface area contributed by atoms with Gasteiger partial charge in [-0.25, -0.2) is 4.79 Å². The summed E-state index contributed by atoms with van der Waals surface area (Å²) in [5.74, 6) is -0.493. The van der Waals surface area contributed by atoms with Crippen molar-refractivity contribution in [3.8, 4) is 0 Å². The molecule has 1 rings (SSSR count). The molecule has 0 bridgehead atoms. The van der Waals surface area contributed by atoms with Gasteiger partial charge in [-0.15, -0.1) is 0 Å². The van der Waals surface area contributed by atoms with Crippen molar-refractivity contribution in [3.63, 3.8) is 0 Å². The largest absolute Gasteiger partial charge is 0.478 e. The van der Waals surface area contributed by atoms with Crippen LogP contribution >= 0.6 is 11.6 Å². The molecular weight excluding hydrogens is 266 g/mol. The molecule has 4 nitrogen and oxygen atoms in total. The smallest absolute Gasteiger partial charge is 0.335 e. The van der Waals surface area contributed by atoms with Gasteiger partial charge in [0.05, 0.1) is 22.9 Å². The minimum absolute atomic E-state index is 0.199. The van der Waals surface area contributed by atoms with Gasteiger partial charge in [0.1, 0.15) is 0 Å². The highest BCUT2D eigenvalue weighted by Gasteiger charge is 2.14. The maximum Gasteiger partial charge on any atom is 0.335 e. The number of carbonyl (C=O) groups is 1. The Balaban J connectivity index is 2.97. The van der Waals surface area contributed by atoms with E-state index in [9.17, 15) is 4.79 Å². The molecule has 19 heavy (non-hydrogen) atoms. The van der Waals surface area contributed by atoms with Crippen molar-refractivity contribution < 1.29 is 14.6 Å². The fraction of sp³-hybridized carbons (Fsp3) is 0.500. The van der Waals surface area contributed by atoms with Crippen molar-refractivity contribution in [3.05, 3.63) is 28.8 Å². The topological polar surface area (TPSA) is 49.8 Å². The number of nitrogens with zero attached hydrogens (tertiary/aromatic N) is 1. The Morgan fingerprint density at radius 1 is 1.47 bits per heavy atom. The maximum atomic E-state index is 10.9. The van der Waals surface area contributed by atoms with Crippen molar-refractivity contribution in [1.29, 1.82) is 0 Å². The van der Waals surface area contributed by atoms with Crippen LogP contribution in [0, 0.1) is 5.92 Å². The van der Waals surface area contributed by atoms with Crippen LogP contribution < -0.4 is 4.90 Å². The fourth-order valence-corrected chi connectivity index (χ4v) is 2.15. The van der Waals surface area contributed by atoms with Crippen LogP contribution in [-0.2, 0) is 4.74 Å². The number of hydrogen-bond acceptors (Lipinski definition) is 3. The maximum absolute atomic E-state index is 10.9. The van der Waals surface area contributed by atoms with Crippen molar-refractivity contribution in [2.45, 2.75) is 13.8 Å². The normalized spacial score (nSPS) is 10.8. The lowest BCUT2D eigenvalue weighted by molar-refractivity contribution is 0.0697. The van der Waals surface area contributed by atoms with Crippen molar-refractivity contribution >= 4 is 23.3 Å². The Hall–Kier alpha value is -1.26. The Kier molecular flexibility index (Phi) is 6.12. The summed E-state index contributed by atoms with van der Waals surface area (Å²) in [4.78, 5) is 13.0. The van der Waals surface area contributed by atoms with Crippen LogP contribution in [0.2, 0.25) is 5.02 Å². The van der Waals surface area contributed by atoms with Gasteiger partial charge in [-0.1, -0.05) is 25.4 Å². The molecule has 0 fully saturated rings. The molecule has 1 N–H and O–H groups in total. The van der Waals surface area contributed by atoms with Gasteiger partial charge in [0.25, 0.3) is 0 Å². The molecule has 0 aliphatic heterocycles.